The third kappa shape index (κ3) is 5.42. The van der Waals surface area contributed by atoms with Gasteiger partial charge in [-0.15, -0.1) is 0 Å². The Kier molecular flexibility index (Phi) is 4.98. The van der Waals surface area contributed by atoms with Crippen LogP contribution in [0.1, 0.15) is 27.2 Å². The molecule has 0 saturated carbocycles. The van der Waals surface area contributed by atoms with Gasteiger partial charge in [-0.25, -0.2) is 0 Å². The van der Waals surface area contributed by atoms with E-state index < -0.39 is 7.60 Å². The Labute approximate surface area is 68.6 Å². The molecule has 0 bridgehead atoms. The van der Waals surface area contributed by atoms with Crippen LogP contribution in [0.15, 0.2) is 0 Å². The molecule has 4 heteroatoms. The third-order valence-corrected chi connectivity index (χ3v) is 2.78. The van der Waals surface area contributed by atoms with Crippen LogP contribution in [-0.2, 0) is 13.6 Å². The standard InChI is InChI=1S/C7H17O3P/c1-5-7(3)10-11(4,8)9-6-2/h7H,5-6H2,1-4H3. The van der Waals surface area contributed by atoms with Crippen molar-refractivity contribution < 1.29 is 13.6 Å². The minimum Gasteiger partial charge on any atom is -0.309 e. The van der Waals surface area contributed by atoms with Gasteiger partial charge in [0.05, 0.1) is 12.7 Å². The molecule has 0 N–H and O–H groups in total. The Hall–Kier alpha value is 0.150. The lowest BCUT2D eigenvalue weighted by atomic mass is 10.3. The van der Waals surface area contributed by atoms with Gasteiger partial charge in [-0.2, -0.15) is 0 Å². The molecule has 0 radical (unpaired) electrons. The van der Waals surface area contributed by atoms with E-state index in [2.05, 4.69) is 0 Å². The Bertz CT molecular complexity index is 147. The zero-order valence-electron chi connectivity index (χ0n) is 7.66. The maximum atomic E-state index is 11.3. The molecule has 0 amide bonds. The molecule has 2 atom stereocenters. The van der Waals surface area contributed by atoms with E-state index in [0.29, 0.717) is 6.61 Å². The van der Waals surface area contributed by atoms with Crippen LogP contribution in [0.3, 0.4) is 0 Å². The number of hydrogen-bond donors (Lipinski definition) is 0. The highest BCUT2D eigenvalue weighted by Gasteiger charge is 2.18. The van der Waals surface area contributed by atoms with Crippen LogP contribution in [0.4, 0.5) is 0 Å². The van der Waals surface area contributed by atoms with Crippen molar-refractivity contribution in [2.75, 3.05) is 13.3 Å². The Morgan fingerprint density at radius 1 is 1.45 bits per heavy atom. The zero-order chi connectivity index (χ0) is 8.91. The van der Waals surface area contributed by atoms with Crippen molar-refractivity contribution in [3.8, 4) is 0 Å². The molecule has 0 aromatic heterocycles. The summed E-state index contributed by atoms with van der Waals surface area (Å²) in [5.74, 6) is 0. The molecule has 11 heavy (non-hydrogen) atoms. The van der Waals surface area contributed by atoms with Gasteiger partial charge in [-0.3, -0.25) is 4.57 Å². The van der Waals surface area contributed by atoms with E-state index in [0.717, 1.165) is 6.42 Å². The van der Waals surface area contributed by atoms with Gasteiger partial charge in [0.25, 0.3) is 0 Å². The third-order valence-electron chi connectivity index (χ3n) is 1.31. The van der Waals surface area contributed by atoms with Crippen molar-refractivity contribution in [1.29, 1.82) is 0 Å². The van der Waals surface area contributed by atoms with Crippen molar-refractivity contribution in [1.82, 2.24) is 0 Å². The predicted molar refractivity (Wildman–Crippen MR) is 46.0 cm³/mol. The summed E-state index contributed by atoms with van der Waals surface area (Å²) in [6.07, 6.45) is 0.864. The van der Waals surface area contributed by atoms with Gasteiger partial charge < -0.3 is 9.05 Å². The van der Waals surface area contributed by atoms with Gasteiger partial charge in [0.2, 0.25) is 0 Å². The van der Waals surface area contributed by atoms with Crippen molar-refractivity contribution in [3.05, 3.63) is 0 Å². The minimum atomic E-state index is -2.77. The quantitative estimate of drug-likeness (QED) is 0.610. The first-order chi connectivity index (χ1) is 5.02. The Morgan fingerprint density at radius 2 is 2.00 bits per heavy atom. The lowest BCUT2D eigenvalue weighted by Crippen LogP contribution is -2.05. The van der Waals surface area contributed by atoms with Gasteiger partial charge in [0.15, 0.2) is 0 Å². The van der Waals surface area contributed by atoms with Crippen LogP contribution in [0, 0.1) is 0 Å². The normalized spacial score (nSPS) is 19.3. The molecule has 0 saturated heterocycles. The molecule has 0 aromatic rings. The van der Waals surface area contributed by atoms with Crippen LogP contribution < -0.4 is 0 Å². The number of rotatable bonds is 5. The first kappa shape index (κ1) is 11.2. The van der Waals surface area contributed by atoms with E-state index in [1.54, 1.807) is 6.92 Å². The molecule has 68 valence electrons. The largest absolute Gasteiger partial charge is 0.327 e. The minimum absolute atomic E-state index is 0.0115. The van der Waals surface area contributed by atoms with Crippen molar-refractivity contribution in [3.63, 3.8) is 0 Å². The Balaban J connectivity index is 3.81. The first-order valence-electron chi connectivity index (χ1n) is 3.92. The summed E-state index contributed by atoms with van der Waals surface area (Å²) in [6.45, 7) is 7.61. The van der Waals surface area contributed by atoms with Gasteiger partial charge in [-0.1, -0.05) is 6.92 Å². The molecule has 0 heterocycles. The summed E-state index contributed by atoms with van der Waals surface area (Å²) in [4.78, 5) is 0. The number of hydrogen-bond acceptors (Lipinski definition) is 3. The van der Waals surface area contributed by atoms with E-state index in [9.17, 15) is 4.57 Å². The molecular weight excluding hydrogens is 163 g/mol. The second-order valence-electron chi connectivity index (χ2n) is 2.51. The zero-order valence-corrected chi connectivity index (χ0v) is 8.56. The van der Waals surface area contributed by atoms with Gasteiger partial charge >= 0.3 is 7.60 Å². The van der Waals surface area contributed by atoms with Crippen LogP contribution in [-0.4, -0.2) is 19.4 Å². The molecule has 0 aliphatic rings. The summed E-state index contributed by atoms with van der Waals surface area (Å²) in [5, 5.41) is 0. The van der Waals surface area contributed by atoms with Crippen LogP contribution in [0.5, 0.6) is 0 Å². The van der Waals surface area contributed by atoms with Crippen LogP contribution >= 0.6 is 7.60 Å². The van der Waals surface area contributed by atoms with Crippen molar-refractivity contribution >= 4 is 7.60 Å². The fourth-order valence-corrected chi connectivity index (χ4v) is 2.00. The Morgan fingerprint density at radius 3 is 2.36 bits per heavy atom. The predicted octanol–water partition coefficient (Wildman–Crippen LogP) is 2.66. The highest BCUT2D eigenvalue weighted by Crippen LogP contribution is 2.45. The average Bonchev–Trinajstić information content (AvgIpc) is 1.86. The monoisotopic (exact) mass is 180 g/mol. The van der Waals surface area contributed by atoms with Gasteiger partial charge in [0.1, 0.15) is 0 Å². The highest BCUT2D eigenvalue weighted by atomic mass is 31.2. The molecule has 0 aliphatic heterocycles. The topological polar surface area (TPSA) is 35.5 Å². The van der Waals surface area contributed by atoms with E-state index in [-0.39, 0.29) is 6.10 Å². The SMILES string of the molecule is CCOP(C)(=O)OC(C)CC. The van der Waals surface area contributed by atoms with Crippen LogP contribution in [0.25, 0.3) is 0 Å². The average molecular weight is 180 g/mol. The summed E-state index contributed by atoms with van der Waals surface area (Å²) >= 11 is 0. The maximum Gasteiger partial charge on any atom is 0.327 e. The van der Waals surface area contributed by atoms with E-state index >= 15 is 0 Å². The molecule has 3 nitrogen and oxygen atoms in total. The molecule has 0 rings (SSSR count). The fraction of sp³-hybridized carbons (Fsp3) is 1.00. The highest BCUT2D eigenvalue weighted by molar-refractivity contribution is 7.52. The molecular formula is C7H17O3P. The van der Waals surface area contributed by atoms with E-state index in [1.165, 1.54) is 6.66 Å². The first-order valence-corrected chi connectivity index (χ1v) is 5.91. The molecule has 0 aromatic carbocycles. The van der Waals surface area contributed by atoms with E-state index in [1.807, 2.05) is 13.8 Å². The van der Waals surface area contributed by atoms with Crippen LogP contribution in [0.2, 0.25) is 0 Å². The van der Waals surface area contributed by atoms with Gasteiger partial charge in [-0.05, 0) is 20.3 Å². The summed E-state index contributed by atoms with van der Waals surface area (Å²) in [6, 6.07) is 0. The summed E-state index contributed by atoms with van der Waals surface area (Å²) in [7, 11) is -2.77. The molecule has 0 fully saturated rings. The van der Waals surface area contributed by atoms with Crippen molar-refractivity contribution in [2.45, 2.75) is 33.3 Å². The molecule has 2 unspecified atom stereocenters. The maximum absolute atomic E-state index is 11.3. The molecule has 0 aliphatic carbocycles. The summed E-state index contributed by atoms with van der Waals surface area (Å²) in [5.41, 5.74) is 0. The van der Waals surface area contributed by atoms with E-state index in [4.69, 9.17) is 9.05 Å². The fourth-order valence-electron chi connectivity index (χ4n) is 0.666. The second kappa shape index (κ2) is 4.91. The lowest BCUT2D eigenvalue weighted by Gasteiger charge is -2.17. The summed E-state index contributed by atoms with van der Waals surface area (Å²) < 4.78 is 21.4. The molecule has 0 spiro atoms. The smallest absolute Gasteiger partial charge is 0.309 e. The second-order valence-corrected chi connectivity index (χ2v) is 4.53. The lowest BCUT2D eigenvalue weighted by molar-refractivity contribution is 0.163. The van der Waals surface area contributed by atoms with Crippen molar-refractivity contribution in [2.24, 2.45) is 0 Å². The van der Waals surface area contributed by atoms with Gasteiger partial charge in [0, 0.05) is 6.66 Å².